The zero-order chi connectivity index (χ0) is 16.1. The third-order valence-corrected chi connectivity index (χ3v) is 3.68. The lowest BCUT2D eigenvalue weighted by atomic mass is 10.1. The highest BCUT2D eigenvalue weighted by Gasteiger charge is 2.17. The molecule has 0 spiro atoms. The largest absolute Gasteiger partial charge is 0.484 e. The molecule has 0 fully saturated rings. The van der Waals surface area contributed by atoms with Crippen molar-refractivity contribution in [1.82, 2.24) is 5.32 Å². The van der Waals surface area contributed by atoms with Crippen molar-refractivity contribution in [2.45, 2.75) is 19.4 Å². The number of carbonyl (C=O) groups excluding carboxylic acids is 1. The van der Waals surface area contributed by atoms with Gasteiger partial charge in [-0.25, -0.2) is 4.79 Å². The first-order chi connectivity index (χ1) is 10.5. The van der Waals surface area contributed by atoms with E-state index < -0.39 is 17.9 Å². The van der Waals surface area contributed by atoms with E-state index in [1.807, 2.05) is 30.3 Å². The standard InChI is InChI=1S/C16H16BrNO4/c1-2-14(16(20)21)18-15(19)9-22-13-6-4-10-7-12(17)5-3-11(10)8-13/h3-8,14H,2,9H2,1H3,(H,18,19)(H,20,21). The first-order valence-electron chi connectivity index (χ1n) is 6.84. The molecule has 0 saturated carbocycles. The number of hydrogen-bond acceptors (Lipinski definition) is 3. The number of nitrogens with one attached hydrogen (secondary N) is 1. The lowest BCUT2D eigenvalue weighted by Gasteiger charge is -2.13. The zero-order valence-corrected chi connectivity index (χ0v) is 13.6. The molecule has 1 unspecified atom stereocenters. The van der Waals surface area contributed by atoms with E-state index in [4.69, 9.17) is 9.84 Å². The summed E-state index contributed by atoms with van der Waals surface area (Å²) in [7, 11) is 0. The van der Waals surface area contributed by atoms with Gasteiger partial charge in [0.05, 0.1) is 0 Å². The van der Waals surface area contributed by atoms with Crippen molar-refractivity contribution in [3.8, 4) is 5.75 Å². The van der Waals surface area contributed by atoms with E-state index in [2.05, 4.69) is 21.2 Å². The normalized spacial score (nSPS) is 11.9. The summed E-state index contributed by atoms with van der Waals surface area (Å²) in [5, 5.41) is 13.4. The van der Waals surface area contributed by atoms with Gasteiger partial charge in [0.1, 0.15) is 11.8 Å². The summed E-state index contributed by atoms with van der Waals surface area (Å²) in [5.74, 6) is -0.939. The Kier molecular flexibility index (Phi) is 5.38. The van der Waals surface area contributed by atoms with Crippen LogP contribution in [-0.4, -0.2) is 29.6 Å². The molecule has 2 rings (SSSR count). The minimum Gasteiger partial charge on any atom is -0.484 e. The molecule has 0 aromatic heterocycles. The smallest absolute Gasteiger partial charge is 0.326 e. The number of halogens is 1. The second kappa shape index (κ2) is 7.26. The molecule has 0 aliphatic carbocycles. The molecule has 116 valence electrons. The highest BCUT2D eigenvalue weighted by atomic mass is 79.9. The van der Waals surface area contributed by atoms with Crippen LogP contribution in [0.25, 0.3) is 10.8 Å². The number of fused-ring (bicyclic) bond motifs is 1. The van der Waals surface area contributed by atoms with E-state index in [1.165, 1.54) is 0 Å². The molecule has 0 radical (unpaired) electrons. The van der Waals surface area contributed by atoms with Crippen molar-refractivity contribution in [3.63, 3.8) is 0 Å². The van der Waals surface area contributed by atoms with Crippen molar-refractivity contribution in [2.24, 2.45) is 0 Å². The quantitative estimate of drug-likeness (QED) is 0.824. The molecule has 1 atom stereocenters. The van der Waals surface area contributed by atoms with Crippen LogP contribution in [0.2, 0.25) is 0 Å². The molecule has 5 nitrogen and oxygen atoms in total. The fourth-order valence-corrected chi connectivity index (χ4v) is 2.39. The topological polar surface area (TPSA) is 75.6 Å². The van der Waals surface area contributed by atoms with Crippen molar-refractivity contribution in [3.05, 3.63) is 40.9 Å². The summed E-state index contributed by atoms with van der Waals surface area (Å²) in [4.78, 5) is 22.5. The van der Waals surface area contributed by atoms with Crippen LogP contribution < -0.4 is 10.1 Å². The van der Waals surface area contributed by atoms with Crippen LogP contribution in [0.15, 0.2) is 40.9 Å². The third-order valence-electron chi connectivity index (χ3n) is 3.19. The number of hydrogen-bond donors (Lipinski definition) is 2. The van der Waals surface area contributed by atoms with Gasteiger partial charge in [-0.2, -0.15) is 0 Å². The average molecular weight is 366 g/mol. The van der Waals surface area contributed by atoms with Gasteiger partial charge in [0.25, 0.3) is 5.91 Å². The van der Waals surface area contributed by atoms with E-state index in [0.29, 0.717) is 12.2 Å². The summed E-state index contributed by atoms with van der Waals surface area (Å²) in [6.45, 7) is 1.48. The minimum absolute atomic E-state index is 0.216. The lowest BCUT2D eigenvalue weighted by molar-refractivity contribution is -0.142. The van der Waals surface area contributed by atoms with Crippen molar-refractivity contribution in [1.29, 1.82) is 0 Å². The second-order valence-electron chi connectivity index (χ2n) is 4.81. The van der Waals surface area contributed by atoms with Crippen LogP contribution in [0.1, 0.15) is 13.3 Å². The Bertz CT molecular complexity index is 702. The molecule has 2 N–H and O–H groups in total. The van der Waals surface area contributed by atoms with Crippen molar-refractivity contribution in [2.75, 3.05) is 6.61 Å². The zero-order valence-electron chi connectivity index (χ0n) is 12.0. The maximum atomic E-state index is 11.7. The summed E-state index contributed by atoms with van der Waals surface area (Å²) in [5.41, 5.74) is 0. The summed E-state index contributed by atoms with van der Waals surface area (Å²) >= 11 is 3.41. The third kappa shape index (κ3) is 4.21. The van der Waals surface area contributed by atoms with Gasteiger partial charge in [-0.1, -0.05) is 35.0 Å². The molecule has 2 aromatic carbocycles. The van der Waals surface area contributed by atoms with E-state index in [-0.39, 0.29) is 6.61 Å². The molecule has 0 aliphatic rings. The first-order valence-corrected chi connectivity index (χ1v) is 7.63. The SMILES string of the molecule is CCC(NC(=O)COc1ccc2cc(Br)ccc2c1)C(=O)O. The fourth-order valence-electron chi connectivity index (χ4n) is 2.01. The summed E-state index contributed by atoms with van der Waals surface area (Å²) in [6.07, 6.45) is 0.325. The number of benzene rings is 2. The average Bonchev–Trinajstić information content (AvgIpc) is 2.50. The lowest BCUT2D eigenvalue weighted by Crippen LogP contribution is -2.42. The van der Waals surface area contributed by atoms with Gasteiger partial charge >= 0.3 is 5.97 Å². The van der Waals surface area contributed by atoms with Gasteiger partial charge in [0, 0.05) is 4.47 Å². The molecule has 0 saturated heterocycles. The molecule has 0 heterocycles. The Balaban J connectivity index is 1.98. The van der Waals surface area contributed by atoms with Gasteiger partial charge < -0.3 is 15.2 Å². The molecule has 22 heavy (non-hydrogen) atoms. The van der Waals surface area contributed by atoms with Crippen LogP contribution in [0.3, 0.4) is 0 Å². The van der Waals surface area contributed by atoms with E-state index in [1.54, 1.807) is 13.0 Å². The van der Waals surface area contributed by atoms with Crippen LogP contribution in [0.4, 0.5) is 0 Å². The Morgan fingerprint density at radius 2 is 1.91 bits per heavy atom. The van der Waals surface area contributed by atoms with E-state index in [0.717, 1.165) is 15.2 Å². The number of aliphatic carboxylic acids is 1. The number of amides is 1. The number of rotatable bonds is 6. The molecule has 2 aromatic rings. The molecule has 1 amide bonds. The highest BCUT2D eigenvalue weighted by molar-refractivity contribution is 9.10. The highest BCUT2D eigenvalue weighted by Crippen LogP contribution is 2.24. The maximum absolute atomic E-state index is 11.7. The van der Waals surface area contributed by atoms with E-state index in [9.17, 15) is 9.59 Å². The number of ether oxygens (including phenoxy) is 1. The van der Waals surface area contributed by atoms with Gasteiger partial charge in [0.15, 0.2) is 6.61 Å². The minimum atomic E-state index is -1.05. The second-order valence-corrected chi connectivity index (χ2v) is 5.72. The molecular formula is C16H16BrNO4. The van der Waals surface area contributed by atoms with Crippen LogP contribution in [0, 0.1) is 0 Å². The molecule has 0 bridgehead atoms. The Hall–Kier alpha value is -2.08. The summed E-state index contributed by atoms with van der Waals surface area (Å²) in [6, 6.07) is 10.5. The predicted molar refractivity (Wildman–Crippen MR) is 87.0 cm³/mol. The number of carboxylic acid groups (broad SMARTS) is 1. The van der Waals surface area contributed by atoms with Gasteiger partial charge in [0.2, 0.25) is 0 Å². The van der Waals surface area contributed by atoms with Crippen LogP contribution in [0.5, 0.6) is 5.75 Å². The molecular weight excluding hydrogens is 350 g/mol. The van der Waals surface area contributed by atoms with Crippen molar-refractivity contribution < 1.29 is 19.4 Å². The fraction of sp³-hybridized carbons (Fsp3) is 0.250. The van der Waals surface area contributed by atoms with Crippen molar-refractivity contribution >= 4 is 38.6 Å². The van der Waals surface area contributed by atoms with Crippen LogP contribution in [-0.2, 0) is 9.59 Å². The number of carbonyl (C=O) groups is 2. The number of carboxylic acids is 1. The Morgan fingerprint density at radius 1 is 1.23 bits per heavy atom. The van der Waals surface area contributed by atoms with Gasteiger partial charge in [-0.3, -0.25) is 4.79 Å². The Morgan fingerprint density at radius 3 is 2.59 bits per heavy atom. The van der Waals surface area contributed by atoms with Crippen LogP contribution >= 0.6 is 15.9 Å². The Labute approximate surface area is 136 Å². The van der Waals surface area contributed by atoms with Gasteiger partial charge in [-0.15, -0.1) is 0 Å². The molecule has 6 heteroatoms. The molecule has 0 aliphatic heterocycles. The maximum Gasteiger partial charge on any atom is 0.326 e. The first kappa shape index (κ1) is 16.3. The van der Waals surface area contributed by atoms with Gasteiger partial charge in [-0.05, 0) is 41.5 Å². The predicted octanol–water partition coefficient (Wildman–Crippen LogP) is 2.96. The van der Waals surface area contributed by atoms with E-state index >= 15 is 0 Å². The monoisotopic (exact) mass is 365 g/mol. The summed E-state index contributed by atoms with van der Waals surface area (Å²) < 4.78 is 6.41.